The van der Waals surface area contributed by atoms with Crippen LogP contribution < -0.4 is 10.6 Å². The quantitative estimate of drug-likeness (QED) is 0.0732. The Balaban J connectivity index is 1.73. The lowest BCUT2D eigenvalue weighted by Crippen LogP contribution is -2.68. The van der Waals surface area contributed by atoms with Crippen molar-refractivity contribution in [3.63, 3.8) is 0 Å². The van der Waals surface area contributed by atoms with Gasteiger partial charge < -0.3 is 20.1 Å². The zero-order chi connectivity index (χ0) is 30.4. The van der Waals surface area contributed by atoms with Gasteiger partial charge >= 0.3 is 11.9 Å². The van der Waals surface area contributed by atoms with Gasteiger partial charge in [-0.2, -0.15) is 0 Å². The Labute approximate surface area is 253 Å². The van der Waals surface area contributed by atoms with E-state index in [4.69, 9.17) is 9.47 Å². The van der Waals surface area contributed by atoms with Crippen LogP contribution in [0, 0.1) is 0 Å². The van der Waals surface area contributed by atoms with Gasteiger partial charge in [-0.3, -0.25) is 9.59 Å². The first-order valence-electron chi connectivity index (χ1n) is 16.9. The molecule has 0 aromatic heterocycles. The molecule has 0 aromatic rings. The van der Waals surface area contributed by atoms with Gasteiger partial charge in [0, 0.05) is 12.2 Å². The van der Waals surface area contributed by atoms with E-state index in [0.717, 1.165) is 38.5 Å². The zero-order valence-electron chi connectivity index (χ0n) is 26.3. The van der Waals surface area contributed by atoms with E-state index in [-0.39, 0.29) is 11.1 Å². The highest BCUT2D eigenvalue weighted by Crippen LogP contribution is 2.28. The molecule has 2 bridgehead atoms. The second-order valence-electron chi connectivity index (χ2n) is 11.8. The van der Waals surface area contributed by atoms with Gasteiger partial charge in [-0.15, -0.1) is 0 Å². The van der Waals surface area contributed by atoms with Crippen LogP contribution in [0.25, 0.3) is 0 Å². The van der Waals surface area contributed by atoms with E-state index in [9.17, 15) is 19.2 Å². The minimum absolute atomic E-state index is 0.285. The minimum atomic E-state index is -1.03. The maximum atomic E-state index is 12.6. The summed E-state index contributed by atoms with van der Waals surface area (Å²) in [6.45, 7) is 5.05. The van der Waals surface area contributed by atoms with Gasteiger partial charge in [0.05, 0.1) is 13.2 Å². The third-order valence-electron chi connectivity index (χ3n) is 8.08. The number of rotatable bonds is 24. The molecule has 0 radical (unpaired) electrons. The van der Waals surface area contributed by atoms with Gasteiger partial charge in [-0.05, 0) is 24.0 Å². The Morgan fingerprint density at radius 1 is 0.524 bits per heavy atom. The number of hydrogen-bond donors (Lipinski definition) is 2. The molecule has 0 aromatic carbocycles. The van der Waals surface area contributed by atoms with Crippen molar-refractivity contribution in [1.82, 2.24) is 10.6 Å². The summed E-state index contributed by atoms with van der Waals surface area (Å²) in [6.07, 6.45) is 26.2. The Kier molecular flexibility index (Phi) is 18.6. The lowest BCUT2D eigenvalue weighted by atomic mass is 9.82. The van der Waals surface area contributed by atoms with Crippen LogP contribution in [0.4, 0.5) is 0 Å². The molecule has 0 spiro atoms. The van der Waals surface area contributed by atoms with Crippen LogP contribution in [0.3, 0.4) is 0 Å². The van der Waals surface area contributed by atoms with E-state index in [2.05, 4.69) is 24.5 Å². The summed E-state index contributed by atoms with van der Waals surface area (Å²) in [4.78, 5) is 49.9. The fraction of sp³-hybridized carbons (Fsp3) is 0.765. The van der Waals surface area contributed by atoms with Gasteiger partial charge in [0.1, 0.15) is 12.1 Å². The number of ether oxygens (including phenoxy) is 2. The molecule has 2 N–H and O–H groups in total. The predicted octanol–water partition coefficient (Wildman–Crippen LogP) is 6.76. The first-order chi connectivity index (χ1) is 20.5. The average Bonchev–Trinajstić information content (AvgIpc) is 2.97. The van der Waals surface area contributed by atoms with Gasteiger partial charge in [0.2, 0.25) is 11.8 Å². The first kappa shape index (κ1) is 35.6. The van der Waals surface area contributed by atoms with E-state index in [1.807, 2.05) is 0 Å². The first-order valence-corrected chi connectivity index (χ1v) is 16.9. The lowest BCUT2D eigenvalue weighted by Gasteiger charge is -2.39. The molecule has 2 amide bonds. The minimum Gasteiger partial charge on any atom is -0.463 e. The summed E-state index contributed by atoms with van der Waals surface area (Å²) < 4.78 is 10.8. The molecule has 8 heteroatoms. The summed E-state index contributed by atoms with van der Waals surface area (Å²) in [5.74, 6) is -1.99. The molecule has 2 atom stereocenters. The number of carbonyl (C=O) groups excluding carboxylic acids is 4. The number of esters is 2. The van der Waals surface area contributed by atoms with Gasteiger partial charge in [0.25, 0.3) is 0 Å². The van der Waals surface area contributed by atoms with Crippen LogP contribution in [0.1, 0.15) is 142 Å². The molecule has 42 heavy (non-hydrogen) atoms. The largest absolute Gasteiger partial charge is 0.463 e. The summed E-state index contributed by atoms with van der Waals surface area (Å²) in [6, 6.07) is -2.07. The van der Waals surface area contributed by atoms with Crippen molar-refractivity contribution in [3.8, 4) is 0 Å². The Bertz CT molecular complexity index is 824. The molecule has 8 nitrogen and oxygen atoms in total. The second kappa shape index (κ2) is 22.0. The Hall–Kier alpha value is -2.64. The molecule has 2 unspecified atom stereocenters. The monoisotopic (exact) mass is 588 g/mol. The maximum absolute atomic E-state index is 12.6. The number of fused-ring (bicyclic) bond motifs is 3. The third kappa shape index (κ3) is 14.0. The Morgan fingerprint density at radius 3 is 1.12 bits per heavy atom. The molecule has 3 fully saturated rings. The topological polar surface area (TPSA) is 111 Å². The highest BCUT2D eigenvalue weighted by molar-refractivity contribution is 6.07. The fourth-order valence-corrected chi connectivity index (χ4v) is 5.55. The normalized spacial score (nSPS) is 19.7. The van der Waals surface area contributed by atoms with Crippen molar-refractivity contribution >= 4 is 23.8 Å². The molecule has 3 saturated heterocycles. The van der Waals surface area contributed by atoms with Crippen molar-refractivity contribution in [2.75, 3.05) is 13.2 Å². The number of amides is 2. The highest BCUT2D eigenvalue weighted by Gasteiger charge is 2.46. The van der Waals surface area contributed by atoms with Crippen molar-refractivity contribution < 1.29 is 28.7 Å². The number of carbonyl (C=O) groups is 4. The van der Waals surface area contributed by atoms with Gasteiger partial charge in [-0.1, -0.05) is 129 Å². The van der Waals surface area contributed by atoms with Gasteiger partial charge in [-0.25, -0.2) is 9.59 Å². The molecular weight excluding hydrogens is 532 g/mol. The van der Waals surface area contributed by atoms with Crippen LogP contribution in [0.5, 0.6) is 0 Å². The van der Waals surface area contributed by atoms with E-state index < -0.39 is 35.8 Å². The van der Waals surface area contributed by atoms with Crippen LogP contribution in [-0.4, -0.2) is 49.1 Å². The smallest absolute Gasteiger partial charge is 0.331 e. The maximum Gasteiger partial charge on any atom is 0.331 e. The standard InChI is InChI=1S/C34H56N2O6/c1-3-5-7-9-11-13-15-17-19-21-23-41-29(37)25-27-28(32-34(40)35-31(27)33(39)36-32)26-30(38)42-24-22-20-18-16-14-12-10-8-6-4-2/h25-26,31-32H,3-24H2,1-2H3,(H,35,40)(H,36,39)/b27-25+,28-26+. The fourth-order valence-electron chi connectivity index (χ4n) is 5.55. The van der Waals surface area contributed by atoms with Crippen LogP contribution in [0.15, 0.2) is 23.3 Å². The van der Waals surface area contributed by atoms with Crippen molar-refractivity contribution in [1.29, 1.82) is 0 Å². The third-order valence-corrected chi connectivity index (χ3v) is 8.08. The summed E-state index contributed by atoms with van der Waals surface area (Å²) in [7, 11) is 0. The highest BCUT2D eigenvalue weighted by atomic mass is 16.5. The van der Waals surface area contributed by atoms with Crippen molar-refractivity contribution in [3.05, 3.63) is 23.3 Å². The molecule has 238 valence electrons. The molecule has 3 heterocycles. The molecule has 0 saturated carbocycles. The number of piperazine rings is 1. The van der Waals surface area contributed by atoms with Gasteiger partial charge in [0.15, 0.2) is 0 Å². The summed E-state index contributed by atoms with van der Waals surface area (Å²) in [5, 5.41) is 5.21. The van der Waals surface area contributed by atoms with Crippen molar-refractivity contribution in [2.24, 2.45) is 0 Å². The molecule has 3 aliphatic rings. The molecular formula is C34H56N2O6. The van der Waals surface area contributed by atoms with E-state index in [1.54, 1.807) is 0 Å². The Morgan fingerprint density at radius 2 is 0.810 bits per heavy atom. The molecule has 3 aliphatic heterocycles. The second-order valence-corrected chi connectivity index (χ2v) is 11.8. The number of nitrogens with one attached hydrogen (secondary N) is 2. The van der Waals surface area contributed by atoms with E-state index >= 15 is 0 Å². The van der Waals surface area contributed by atoms with E-state index in [1.165, 1.54) is 102 Å². The SMILES string of the molecule is CCCCCCCCCCCCOC(=O)/C=C1\C(=C/C(=O)OCCCCCCCCCCCC)C2NC(=O)C1NC2=O. The zero-order valence-corrected chi connectivity index (χ0v) is 26.3. The number of piperidine rings is 2. The summed E-state index contributed by atoms with van der Waals surface area (Å²) in [5.41, 5.74) is 0.569. The van der Waals surface area contributed by atoms with Crippen LogP contribution in [0.2, 0.25) is 0 Å². The average molecular weight is 589 g/mol. The number of unbranched alkanes of at least 4 members (excludes halogenated alkanes) is 18. The lowest BCUT2D eigenvalue weighted by molar-refractivity contribution is -0.139. The van der Waals surface area contributed by atoms with E-state index in [0.29, 0.717) is 13.2 Å². The predicted molar refractivity (Wildman–Crippen MR) is 166 cm³/mol. The molecule has 0 aliphatic carbocycles. The molecule has 3 rings (SSSR count). The van der Waals surface area contributed by atoms with Crippen LogP contribution >= 0.6 is 0 Å². The van der Waals surface area contributed by atoms with Crippen molar-refractivity contribution in [2.45, 2.75) is 154 Å². The summed E-state index contributed by atoms with van der Waals surface area (Å²) >= 11 is 0. The van der Waals surface area contributed by atoms with Crippen LogP contribution in [-0.2, 0) is 28.7 Å². The number of hydrogen-bond acceptors (Lipinski definition) is 6.